The second kappa shape index (κ2) is 8.30. The zero-order chi connectivity index (χ0) is 16.8. The van der Waals surface area contributed by atoms with E-state index >= 15 is 0 Å². The molecule has 0 saturated carbocycles. The first-order valence-electron chi connectivity index (χ1n) is 8.33. The molecule has 0 atom stereocenters. The van der Waals surface area contributed by atoms with Crippen LogP contribution in [0.5, 0.6) is 0 Å². The summed E-state index contributed by atoms with van der Waals surface area (Å²) in [6, 6.07) is 10.1. The number of likely N-dealkylation sites (tertiary alicyclic amines) is 1. The minimum absolute atomic E-state index is 0.0137. The fourth-order valence-corrected chi connectivity index (χ4v) is 3.70. The van der Waals surface area contributed by atoms with Crippen LogP contribution >= 0.6 is 11.8 Å². The van der Waals surface area contributed by atoms with Crippen molar-refractivity contribution in [3.05, 3.63) is 36.2 Å². The first kappa shape index (κ1) is 17.0. The Labute approximate surface area is 146 Å². The number of carbonyl (C=O) groups excluding carboxylic acids is 1. The first-order chi connectivity index (χ1) is 11.8. The number of nitrogens with zero attached hydrogens (tertiary/aromatic N) is 4. The van der Waals surface area contributed by atoms with E-state index < -0.39 is 0 Å². The molecule has 0 aliphatic carbocycles. The molecular weight excluding hydrogens is 322 g/mol. The van der Waals surface area contributed by atoms with Crippen LogP contribution in [0.1, 0.15) is 25.1 Å². The van der Waals surface area contributed by atoms with Crippen molar-refractivity contribution in [1.82, 2.24) is 25.0 Å². The first-order valence-corrected chi connectivity index (χ1v) is 9.32. The summed E-state index contributed by atoms with van der Waals surface area (Å²) in [7, 11) is 1.65. The van der Waals surface area contributed by atoms with E-state index in [0.29, 0.717) is 5.75 Å². The van der Waals surface area contributed by atoms with Gasteiger partial charge in [-0.3, -0.25) is 14.3 Å². The molecule has 7 heteroatoms. The summed E-state index contributed by atoms with van der Waals surface area (Å²) in [5.41, 5.74) is 1.04. The van der Waals surface area contributed by atoms with Crippen LogP contribution < -0.4 is 5.32 Å². The minimum Gasteiger partial charge on any atom is -0.358 e. The Bertz CT molecular complexity index is 667. The molecule has 0 bridgehead atoms. The third kappa shape index (κ3) is 4.15. The van der Waals surface area contributed by atoms with Crippen molar-refractivity contribution in [3.63, 3.8) is 0 Å². The molecule has 1 fully saturated rings. The Morgan fingerprint density at radius 2 is 1.92 bits per heavy atom. The normalized spacial score (nSPS) is 15.4. The van der Waals surface area contributed by atoms with Gasteiger partial charge >= 0.3 is 0 Å². The Morgan fingerprint density at radius 3 is 2.62 bits per heavy atom. The van der Waals surface area contributed by atoms with Crippen LogP contribution in [0.2, 0.25) is 0 Å². The van der Waals surface area contributed by atoms with Crippen molar-refractivity contribution in [1.29, 1.82) is 0 Å². The maximum Gasteiger partial charge on any atom is 0.230 e. The highest BCUT2D eigenvalue weighted by Gasteiger charge is 2.19. The van der Waals surface area contributed by atoms with E-state index in [2.05, 4.69) is 25.0 Å². The summed E-state index contributed by atoms with van der Waals surface area (Å²) >= 11 is 1.42. The smallest absolute Gasteiger partial charge is 0.230 e. The molecule has 1 amide bonds. The van der Waals surface area contributed by atoms with Crippen LogP contribution in [0.3, 0.4) is 0 Å². The van der Waals surface area contributed by atoms with Crippen molar-refractivity contribution in [2.45, 2.75) is 31.0 Å². The highest BCUT2D eigenvalue weighted by molar-refractivity contribution is 7.99. The summed E-state index contributed by atoms with van der Waals surface area (Å²) in [6.07, 6.45) is 3.81. The summed E-state index contributed by atoms with van der Waals surface area (Å²) in [6.45, 7) is 3.02. The van der Waals surface area contributed by atoms with E-state index in [1.54, 1.807) is 7.05 Å². The average Bonchev–Trinajstić information content (AvgIpc) is 3.03. The number of nitrogens with one attached hydrogen (secondary N) is 1. The SMILES string of the molecule is CNC(=O)CSc1nnc(CN2CCCCC2)n1-c1ccccc1. The van der Waals surface area contributed by atoms with Gasteiger partial charge in [-0.1, -0.05) is 36.4 Å². The zero-order valence-corrected chi connectivity index (χ0v) is 14.8. The molecule has 1 aromatic carbocycles. The second-order valence-electron chi connectivity index (χ2n) is 5.87. The van der Waals surface area contributed by atoms with Crippen LogP contribution in [0.25, 0.3) is 5.69 Å². The number of para-hydroxylation sites is 1. The Morgan fingerprint density at radius 1 is 1.17 bits per heavy atom. The number of hydrogen-bond donors (Lipinski definition) is 1. The number of carbonyl (C=O) groups is 1. The molecule has 1 aromatic heterocycles. The van der Waals surface area contributed by atoms with Crippen molar-refractivity contribution >= 4 is 17.7 Å². The number of aromatic nitrogens is 3. The largest absolute Gasteiger partial charge is 0.358 e. The van der Waals surface area contributed by atoms with Gasteiger partial charge in [0.1, 0.15) is 0 Å². The van der Waals surface area contributed by atoms with Crippen LogP contribution in [0.15, 0.2) is 35.5 Å². The molecule has 3 rings (SSSR count). The summed E-state index contributed by atoms with van der Waals surface area (Å²) in [4.78, 5) is 14.0. The fourth-order valence-electron chi connectivity index (χ4n) is 2.85. The van der Waals surface area contributed by atoms with E-state index in [0.717, 1.165) is 36.3 Å². The van der Waals surface area contributed by atoms with E-state index in [1.165, 1.54) is 31.0 Å². The van der Waals surface area contributed by atoms with Gasteiger partial charge in [-0.15, -0.1) is 10.2 Å². The molecule has 1 N–H and O–H groups in total. The van der Waals surface area contributed by atoms with E-state index in [4.69, 9.17) is 0 Å². The van der Waals surface area contributed by atoms with Gasteiger partial charge in [0.25, 0.3) is 0 Å². The van der Waals surface area contributed by atoms with Crippen LogP contribution in [0, 0.1) is 0 Å². The molecule has 0 spiro atoms. The molecule has 0 radical (unpaired) electrons. The lowest BCUT2D eigenvalue weighted by Gasteiger charge is -2.26. The molecular formula is C17H23N5OS. The maximum atomic E-state index is 11.6. The van der Waals surface area contributed by atoms with Gasteiger partial charge in [-0.25, -0.2) is 0 Å². The summed E-state index contributed by atoms with van der Waals surface area (Å²) < 4.78 is 2.07. The number of thioether (sulfide) groups is 1. The minimum atomic E-state index is -0.0137. The molecule has 6 nitrogen and oxygen atoms in total. The zero-order valence-electron chi connectivity index (χ0n) is 13.9. The highest BCUT2D eigenvalue weighted by atomic mass is 32.2. The predicted molar refractivity (Wildman–Crippen MR) is 95.3 cm³/mol. The van der Waals surface area contributed by atoms with Crippen molar-refractivity contribution in [2.75, 3.05) is 25.9 Å². The summed E-state index contributed by atoms with van der Waals surface area (Å²) in [5.74, 6) is 1.26. The fraction of sp³-hybridized carbons (Fsp3) is 0.471. The quantitative estimate of drug-likeness (QED) is 0.812. The number of piperidine rings is 1. The molecule has 2 aromatic rings. The molecule has 1 aliphatic rings. The van der Waals surface area contributed by atoms with Gasteiger partial charge in [-0.2, -0.15) is 0 Å². The van der Waals surface area contributed by atoms with E-state index in [-0.39, 0.29) is 5.91 Å². The topological polar surface area (TPSA) is 63.1 Å². The maximum absolute atomic E-state index is 11.6. The van der Waals surface area contributed by atoms with Gasteiger partial charge in [0, 0.05) is 12.7 Å². The second-order valence-corrected chi connectivity index (χ2v) is 6.81. The Balaban J connectivity index is 1.84. The van der Waals surface area contributed by atoms with E-state index in [1.807, 2.05) is 30.3 Å². The lowest BCUT2D eigenvalue weighted by Crippen LogP contribution is -2.30. The number of hydrogen-bond acceptors (Lipinski definition) is 5. The van der Waals surface area contributed by atoms with Crippen LogP contribution in [-0.4, -0.2) is 51.5 Å². The predicted octanol–water partition coefficient (Wildman–Crippen LogP) is 2.09. The third-order valence-electron chi connectivity index (χ3n) is 4.14. The molecule has 24 heavy (non-hydrogen) atoms. The van der Waals surface area contributed by atoms with Crippen molar-refractivity contribution < 1.29 is 4.79 Å². The van der Waals surface area contributed by atoms with Gasteiger partial charge in [-0.05, 0) is 38.1 Å². The van der Waals surface area contributed by atoms with Gasteiger partial charge in [0.2, 0.25) is 5.91 Å². The number of amides is 1. The van der Waals surface area contributed by atoms with Gasteiger partial charge < -0.3 is 5.32 Å². The van der Waals surface area contributed by atoms with Gasteiger partial charge in [0.15, 0.2) is 11.0 Å². The lowest BCUT2D eigenvalue weighted by atomic mass is 10.1. The highest BCUT2D eigenvalue weighted by Crippen LogP contribution is 2.23. The molecule has 2 heterocycles. The Hall–Kier alpha value is -1.86. The molecule has 0 unspecified atom stereocenters. The van der Waals surface area contributed by atoms with E-state index in [9.17, 15) is 4.79 Å². The average molecular weight is 345 g/mol. The van der Waals surface area contributed by atoms with Gasteiger partial charge in [0.05, 0.1) is 12.3 Å². The molecule has 128 valence electrons. The summed E-state index contributed by atoms with van der Waals surface area (Å²) in [5, 5.41) is 12.1. The molecule has 1 aliphatic heterocycles. The van der Waals surface area contributed by atoms with Crippen LogP contribution in [0.4, 0.5) is 0 Å². The van der Waals surface area contributed by atoms with Crippen molar-refractivity contribution in [2.24, 2.45) is 0 Å². The van der Waals surface area contributed by atoms with Crippen molar-refractivity contribution in [3.8, 4) is 5.69 Å². The lowest BCUT2D eigenvalue weighted by molar-refractivity contribution is -0.118. The standard InChI is InChI=1S/C17H23N5OS/c1-18-16(23)13-24-17-20-19-15(12-21-10-6-3-7-11-21)22(17)14-8-4-2-5-9-14/h2,4-5,8-9H,3,6-7,10-13H2,1H3,(H,18,23). The third-order valence-corrected chi connectivity index (χ3v) is 5.07. The number of rotatable bonds is 6. The monoisotopic (exact) mass is 345 g/mol. The molecule has 1 saturated heterocycles. The number of benzene rings is 1. The van der Waals surface area contributed by atoms with Crippen LogP contribution in [-0.2, 0) is 11.3 Å². The Kier molecular flexibility index (Phi) is 5.87.